The van der Waals surface area contributed by atoms with E-state index in [2.05, 4.69) is 20.8 Å². The molecule has 8 aliphatic rings. The van der Waals surface area contributed by atoms with Crippen LogP contribution in [0.4, 0.5) is 0 Å². The van der Waals surface area contributed by atoms with Crippen LogP contribution in [0.15, 0.2) is 0 Å². The summed E-state index contributed by atoms with van der Waals surface area (Å²) in [6, 6.07) is 0. The Bertz CT molecular complexity index is 1560. The highest BCUT2D eigenvalue weighted by atomic mass is 16.7. The van der Waals surface area contributed by atoms with Crippen LogP contribution in [0.25, 0.3) is 0 Å². The van der Waals surface area contributed by atoms with Gasteiger partial charge in [0.25, 0.3) is 0 Å². The second-order valence-corrected chi connectivity index (χ2v) is 21.6. The summed E-state index contributed by atoms with van der Waals surface area (Å²) < 4.78 is 48.5. The van der Waals surface area contributed by atoms with E-state index in [4.69, 9.17) is 37.9 Å². The summed E-state index contributed by atoms with van der Waals surface area (Å²) in [7, 11) is 1.74. The van der Waals surface area contributed by atoms with E-state index >= 15 is 0 Å². The fourth-order valence-electron chi connectivity index (χ4n) is 14.4. The van der Waals surface area contributed by atoms with Crippen LogP contribution in [0.5, 0.6) is 0 Å². The lowest BCUT2D eigenvalue weighted by atomic mass is 9.44. The minimum absolute atomic E-state index is 0.0392. The van der Waals surface area contributed by atoms with Crippen molar-refractivity contribution in [3.63, 3.8) is 0 Å². The number of hydrogen-bond acceptors (Lipinski definition) is 18. The minimum Gasteiger partial charge on any atom is -0.394 e. The maximum atomic E-state index is 11.2. The number of aliphatic hydroxyl groups is 10. The Morgan fingerprint density at radius 2 is 1.30 bits per heavy atom. The van der Waals surface area contributed by atoms with Gasteiger partial charge in [0, 0.05) is 19.4 Å². The molecule has 18 nitrogen and oxygen atoms in total. The van der Waals surface area contributed by atoms with Crippen molar-refractivity contribution in [1.82, 2.24) is 0 Å². The number of fused-ring (bicyclic) bond motifs is 7. The maximum Gasteiger partial charge on any atom is 0.187 e. The summed E-state index contributed by atoms with van der Waals surface area (Å²) in [5, 5.41) is 104. The zero-order valence-electron chi connectivity index (χ0n) is 38.3. The van der Waals surface area contributed by atoms with Gasteiger partial charge < -0.3 is 89.0 Å². The summed E-state index contributed by atoms with van der Waals surface area (Å²) in [6.07, 6.45) is -10.9. The Morgan fingerprint density at radius 3 is 2.00 bits per heavy atom. The second kappa shape index (κ2) is 19.2. The van der Waals surface area contributed by atoms with Crippen molar-refractivity contribution in [2.24, 2.45) is 52.3 Å². The molecule has 10 N–H and O–H groups in total. The Hall–Kier alpha value is -0.720. The molecule has 0 unspecified atom stereocenters. The van der Waals surface area contributed by atoms with Gasteiger partial charge in [0.05, 0.1) is 38.1 Å². The first-order valence-electron chi connectivity index (χ1n) is 24.1. The molecule has 4 heterocycles. The summed E-state index contributed by atoms with van der Waals surface area (Å²) in [5.74, 6) is 1.89. The van der Waals surface area contributed by atoms with Gasteiger partial charge in [0.2, 0.25) is 0 Å². The summed E-state index contributed by atoms with van der Waals surface area (Å²) >= 11 is 0. The van der Waals surface area contributed by atoms with Crippen LogP contribution < -0.4 is 0 Å². The molecular formula is C46H78O18. The van der Waals surface area contributed by atoms with Crippen molar-refractivity contribution in [1.29, 1.82) is 0 Å². The fourth-order valence-corrected chi connectivity index (χ4v) is 14.4. The average molecular weight is 919 g/mol. The van der Waals surface area contributed by atoms with Crippen molar-refractivity contribution in [2.75, 3.05) is 26.9 Å². The molecule has 4 saturated heterocycles. The molecule has 0 radical (unpaired) electrons. The van der Waals surface area contributed by atoms with Gasteiger partial charge >= 0.3 is 0 Å². The molecule has 8 rings (SSSR count). The molecule has 27 atom stereocenters. The molecule has 0 aromatic rings. The number of aliphatic hydroxyl groups excluding tert-OH is 10. The molecule has 370 valence electrons. The minimum atomic E-state index is -1.63. The average Bonchev–Trinajstić information content (AvgIpc) is 3.74. The largest absolute Gasteiger partial charge is 0.394 e. The molecule has 0 amide bonds. The van der Waals surface area contributed by atoms with Gasteiger partial charge in [-0.15, -0.1) is 0 Å². The smallest absolute Gasteiger partial charge is 0.187 e. The fraction of sp³-hybridized carbons (Fsp3) is 1.00. The summed E-state index contributed by atoms with van der Waals surface area (Å²) in [6.45, 7) is 9.96. The first kappa shape index (κ1) is 49.7. The summed E-state index contributed by atoms with van der Waals surface area (Å²) in [4.78, 5) is 0. The van der Waals surface area contributed by atoms with Gasteiger partial charge in [0.15, 0.2) is 24.7 Å². The van der Waals surface area contributed by atoms with Crippen molar-refractivity contribution < 1.29 is 89.0 Å². The third-order valence-corrected chi connectivity index (χ3v) is 18.3. The van der Waals surface area contributed by atoms with E-state index < -0.39 is 111 Å². The second-order valence-electron chi connectivity index (χ2n) is 21.6. The van der Waals surface area contributed by atoms with Crippen LogP contribution in [-0.2, 0) is 37.9 Å². The predicted octanol–water partition coefficient (Wildman–Crippen LogP) is -0.0975. The maximum absolute atomic E-state index is 11.2. The predicted molar refractivity (Wildman–Crippen MR) is 222 cm³/mol. The molecule has 0 spiro atoms. The number of rotatable bonds is 13. The van der Waals surface area contributed by atoms with Crippen LogP contribution in [0, 0.1) is 52.3 Å². The Balaban J connectivity index is 0.847. The first-order valence-corrected chi connectivity index (χ1v) is 24.1. The quantitative estimate of drug-likeness (QED) is 0.108. The molecule has 64 heavy (non-hydrogen) atoms. The van der Waals surface area contributed by atoms with Crippen LogP contribution in [-0.4, -0.2) is 188 Å². The highest BCUT2D eigenvalue weighted by Crippen LogP contribution is 2.71. The number of methoxy groups -OCH3 is 1. The van der Waals surface area contributed by atoms with Gasteiger partial charge in [-0.1, -0.05) is 27.7 Å². The van der Waals surface area contributed by atoms with Gasteiger partial charge in [-0.2, -0.15) is 0 Å². The lowest BCUT2D eigenvalue weighted by Crippen LogP contribution is -2.64. The van der Waals surface area contributed by atoms with E-state index in [-0.39, 0.29) is 41.5 Å². The van der Waals surface area contributed by atoms with E-state index in [0.29, 0.717) is 36.0 Å². The van der Waals surface area contributed by atoms with E-state index in [9.17, 15) is 51.1 Å². The number of ether oxygens (including phenoxy) is 8. The lowest BCUT2D eigenvalue weighted by molar-refractivity contribution is -0.361. The van der Waals surface area contributed by atoms with Crippen LogP contribution in [0.2, 0.25) is 0 Å². The molecule has 8 fully saturated rings. The Morgan fingerprint density at radius 1 is 0.656 bits per heavy atom. The molecule has 0 aromatic carbocycles. The Labute approximate surface area is 376 Å². The highest BCUT2D eigenvalue weighted by molar-refractivity contribution is 5.15. The third kappa shape index (κ3) is 8.56. The van der Waals surface area contributed by atoms with Crippen LogP contribution >= 0.6 is 0 Å². The van der Waals surface area contributed by atoms with E-state index in [0.717, 1.165) is 57.8 Å². The Kier molecular flexibility index (Phi) is 14.9. The topological polar surface area (TPSA) is 276 Å². The van der Waals surface area contributed by atoms with Crippen molar-refractivity contribution in [3.05, 3.63) is 0 Å². The highest BCUT2D eigenvalue weighted by Gasteiger charge is 2.69. The van der Waals surface area contributed by atoms with Crippen molar-refractivity contribution >= 4 is 0 Å². The van der Waals surface area contributed by atoms with Gasteiger partial charge in [-0.05, 0) is 111 Å². The van der Waals surface area contributed by atoms with Gasteiger partial charge in [-0.3, -0.25) is 0 Å². The number of hydrogen-bond donors (Lipinski definition) is 10. The lowest BCUT2D eigenvalue weighted by Gasteiger charge is -2.61. The molecule has 4 aliphatic carbocycles. The molecule has 0 bridgehead atoms. The van der Waals surface area contributed by atoms with Crippen molar-refractivity contribution in [2.45, 2.75) is 209 Å². The third-order valence-electron chi connectivity index (χ3n) is 18.3. The zero-order chi connectivity index (χ0) is 46.2. The van der Waals surface area contributed by atoms with Crippen LogP contribution in [0.3, 0.4) is 0 Å². The molecule has 4 saturated carbocycles. The van der Waals surface area contributed by atoms with Crippen molar-refractivity contribution in [3.8, 4) is 0 Å². The molecule has 18 heteroatoms. The van der Waals surface area contributed by atoms with Crippen LogP contribution in [0.1, 0.15) is 98.8 Å². The van der Waals surface area contributed by atoms with E-state index in [1.807, 2.05) is 6.92 Å². The van der Waals surface area contributed by atoms with Gasteiger partial charge in [0.1, 0.15) is 67.1 Å². The molecule has 4 aliphatic heterocycles. The zero-order valence-corrected chi connectivity index (χ0v) is 38.3. The summed E-state index contributed by atoms with van der Waals surface area (Å²) in [5.41, 5.74) is 0.222. The molecule has 0 aromatic heterocycles. The SMILES string of the molecule is CO[C@]1(CC[C@H](C)CO[C@@H]2O[C@H](CO)[C@@H](O)[C@H](O)[C@H]2O)O[C@H]2C[C@H]3[C@@H]4CC[C@@H]5C[C@@H](O[C@@H]6O[C@H](CO)[C@@H](O[C@@H]7O[C@@H](C)[C@H](O)[C@@H](O)[C@H]7O)[C@H](O)[C@H]6O)CC[C@]5(C)[C@H]4CC[C@]3(C)[C@H]2[C@@H]1C. The van der Waals surface area contributed by atoms with E-state index in [1.54, 1.807) is 7.11 Å². The molecular weight excluding hydrogens is 840 g/mol. The van der Waals surface area contributed by atoms with Gasteiger partial charge in [-0.25, -0.2) is 0 Å². The van der Waals surface area contributed by atoms with E-state index in [1.165, 1.54) is 6.92 Å². The normalized spacial score (nSPS) is 55.6. The first-order chi connectivity index (χ1) is 30.3. The standard InChI is InChI=1S/C46H78O18/c1-20(19-58-41-37(54)35(52)33(50)29(17-47)61-41)9-14-46(57-6)21(2)31-28(64-46)16-27-25-8-7-23-15-24(10-12-44(23,4)26(25)11-13-45(27,31)5)60-43-39(56)36(53)40(30(18-48)62-43)63-42-38(55)34(51)32(49)22(3)59-42/h20-43,47-56H,7-19H2,1-6H3/t20-,21-,22-,23+,24-,25+,26-,27-,28-,29+,30+,31-,32-,33+,34+,35-,36+,37+,38+,39+,40+,41+,42-,43+,44-,45-,46+/m0/s1. The monoisotopic (exact) mass is 919 g/mol.